The quantitative estimate of drug-likeness (QED) is 0.294. The molecule has 6 aliphatic rings. The van der Waals surface area contributed by atoms with Crippen LogP contribution in [0.3, 0.4) is 0 Å². The second kappa shape index (κ2) is 9.87. The van der Waals surface area contributed by atoms with Crippen molar-refractivity contribution in [3.8, 4) is 12.1 Å². The molecule has 7 unspecified atom stereocenters. The smallest absolute Gasteiger partial charge is 0.374 e. The minimum atomic E-state index is -4.10. The predicted molar refractivity (Wildman–Crippen MR) is 149 cm³/mol. The van der Waals surface area contributed by atoms with Gasteiger partial charge in [0.05, 0.1) is 17.7 Å². The largest absolute Gasteiger partial charge is 0.489 e. The summed E-state index contributed by atoms with van der Waals surface area (Å²) in [5, 5.41) is 19.3. The molecule has 8 bridgehead atoms. The summed E-state index contributed by atoms with van der Waals surface area (Å²) in [5.74, 6) is 0. The summed E-state index contributed by atoms with van der Waals surface area (Å²) in [7, 11) is -31.4. The molecule has 23 heteroatoms. The monoisotopic (exact) mass is 695 g/mol. The molecule has 220 valence electrons. The van der Waals surface area contributed by atoms with Crippen LogP contribution in [-0.4, -0.2) is 77.0 Å². The molecule has 0 aromatic carbocycles. The van der Waals surface area contributed by atoms with Crippen molar-refractivity contribution in [3.63, 3.8) is 0 Å². The van der Waals surface area contributed by atoms with Crippen LogP contribution in [0.4, 0.5) is 0 Å². The first-order valence-electron chi connectivity index (χ1n) is 12.9. The lowest BCUT2D eigenvalue weighted by molar-refractivity contribution is -0.0283. The van der Waals surface area contributed by atoms with Crippen LogP contribution in [0, 0.1) is 29.2 Å². The van der Waals surface area contributed by atoms with Crippen molar-refractivity contribution in [3.05, 3.63) is 11.4 Å². The molecule has 40 heavy (non-hydrogen) atoms. The van der Waals surface area contributed by atoms with Crippen molar-refractivity contribution >= 4 is 70.4 Å². The second-order valence-electron chi connectivity index (χ2n) is 11.1. The van der Waals surface area contributed by atoms with E-state index in [2.05, 4.69) is 17.0 Å². The van der Waals surface area contributed by atoms with Crippen LogP contribution in [0.2, 0.25) is 49.4 Å². The molecule has 0 aromatic rings. The van der Waals surface area contributed by atoms with E-state index in [0.29, 0.717) is 0 Å². The Bertz CT molecular complexity index is 1160. The summed E-state index contributed by atoms with van der Waals surface area (Å²) in [6.45, 7) is 21.3. The minimum absolute atomic E-state index is 0.0103. The normalized spacial score (nSPS) is 51.5. The predicted octanol–water partition coefficient (Wildman–Crippen LogP) is 2.83. The Morgan fingerprint density at radius 2 is 0.800 bits per heavy atom. The number of nitrogens with zero attached hydrogens (tertiary/aromatic N) is 3. The number of hydrogen-bond donors (Lipinski definition) is 0. The first kappa shape index (κ1) is 31.2. The first-order valence-corrected chi connectivity index (χ1v) is 29.4. The van der Waals surface area contributed by atoms with Gasteiger partial charge >= 0.3 is 70.4 Å². The molecule has 0 saturated carbocycles. The number of rotatable bonds is 6. The zero-order valence-electron chi connectivity index (χ0n) is 23.6. The van der Waals surface area contributed by atoms with Gasteiger partial charge in [0, 0.05) is 56.7 Å². The van der Waals surface area contributed by atoms with Crippen molar-refractivity contribution in [2.75, 3.05) is 6.54 Å². The van der Waals surface area contributed by atoms with Crippen LogP contribution >= 0.6 is 0 Å². The average Bonchev–Trinajstić information content (AvgIpc) is 2.73. The number of hydrogen-bond acceptors (Lipinski definition) is 14. The van der Waals surface area contributed by atoms with E-state index < -0.39 is 87.1 Å². The molecule has 6 aliphatic heterocycles. The van der Waals surface area contributed by atoms with Gasteiger partial charge in [0.2, 0.25) is 6.54 Å². The zero-order chi connectivity index (χ0) is 29.5. The summed E-state index contributed by atoms with van der Waals surface area (Å²) in [6.07, 6.45) is 0.0586. The lowest BCUT2D eigenvalue weighted by Crippen LogP contribution is -2.88. The van der Waals surface area contributed by atoms with E-state index in [0.717, 1.165) is 0 Å². The molecule has 0 aliphatic carbocycles. The van der Waals surface area contributed by atoms with E-state index in [4.69, 9.17) is 56.0 Å². The third-order valence-corrected chi connectivity index (χ3v) is 43.7. The fourth-order valence-corrected chi connectivity index (χ4v) is 53.6. The van der Waals surface area contributed by atoms with Gasteiger partial charge in [-0.25, -0.2) is 6.57 Å². The van der Waals surface area contributed by atoms with E-state index in [1.807, 2.05) is 0 Å². The van der Waals surface area contributed by atoms with Gasteiger partial charge in [0.25, 0.3) is 0 Å². The summed E-state index contributed by atoms with van der Waals surface area (Å²) >= 11 is 0. The number of nitriles is 2. The van der Waals surface area contributed by atoms with E-state index >= 15 is 0 Å². The first-order chi connectivity index (χ1) is 18.4. The van der Waals surface area contributed by atoms with Crippen LogP contribution in [0.1, 0.15) is 33.6 Å². The van der Waals surface area contributed by atoms with E-state index in [1.54, 1.807) is 53.5 Å². The molecule has 6 fully saturated rings. The molecule has 15 nitrogen and oxygen atoms in total. The highest BCUT2D eigenvalue weighted by atomic mass is 28.6. The molecular formula is C17H33N3O12Si8. The van der Waals surface area contributed by atoms with Crippen LogP contribution in [0.5, 0.6) is 0 Å². The third-order valence-electron chi connectivity index (χ3n) is 7.03. The fourth-order valence-electron chi connectivity index (χ4n) is 5.53. The van der Waals surface area contributed by atoms with Crippen molar-refractivity contribution in [1.29, 1.82) is 10.5 Å². The molecule has 0 amide bonds. The highest BCUT2D eigenvalue weighted by Gasteiger charge is 2.82. The summed E-state index contributed by atoms with van der Waals surface area (Å²) < 4.78 is 81.6. The Kier molecular flexibility index (Phi) is 7.69. The molecule has 0 N–H and O–H groups in total. The fraction of sp³-hybridized carbons (Fsp3) is 0.824. The molecule has 6 rings (SSSR count). The van der Waals surface area contributed by atoms with E-state index in [-0.39, 0.29) is 19.4 Å². The Morgan fingerprint density at radius 1 is 0.525 bits per heavy atom. The van der Waals surface area contributed by atoms with Gasteiger partial charge in [0.15, 0.2) is 0 Å². The van der Waals surface area contributed by atoms with Gasteiger partial charge in [-0.05, 0) is 0 Å². The average molecular weight is 696 g/mol. The van der Waals surface area contributed by atoms with Crippen molar-refractivity contribution in [1.82, 2.24) is 0 Å². The van der Waals surface area contributed by atoms with Gasteiger partial charge in [-0.15, -0.1) is 0 Å². The van der Waals surface area contributed by atoms with E-state index in [9.17, 15) is 10.5 Å². The molecule has 0 aromatic heterocycles. The lowest BCUT2D eigenvalue weighted by atomic mass is 10.4. The maximum Gasteiger partial charge on any atom is 0.489 e. The Labute approximate surface area is 242 Å². The highest BCUT2D eigenvalue weighted by molar-refractivity contribution is 7.03. The SMILES string of the molecule is [C-]#[N+]CC(C)[Si]12O[Si]3(C)O[Si]4(C)O[Si]5(C)O[Si](C)(O[Si](C)(O[Si](C(C)CC#N)(O5)O3)O1)O[Si](C(C)CC#N)(O4)O2. The molecule has 0 radical (unpaired) electrons. The van der Waals surface area contributed by atoms with Gasteiger partial charge in [-0.2, -0.15) is 10.5 Å². The lowest BCUT2D eigenvalue weighted by Gasteiger charge is -2.62. The summed E-state index contributed by atoms with van der Waals surface area (Å²) in [4.78, 5) is 3.60. The van der Waals surface area contributed by atoms with Gasteiger partial charge < -0.3 is 54.2 Å². The maximum absolute atomic E-state index is 9.68. The summed E-state index contributed by atoms with van der Waals surface area (Å²) in [5.41, 5.74) is -1.75. The zero-order valence-corrected chi connectivity index (χ0v) is 31.6. The molecule has 0 spiro atoms. The Balaban J connectivity index is 1.83. The topological polar surface area (TPSA) is 163 Å². The Hall–Kier alpha value is -0.275. The van der Waals surface area contributed by atoms with Crippen molar-refractivity contribution < 1.29 is 49.4 Å². The summed E-state index contributed by atoms with van der Waals surface area (Å²) in [6, 6.07) is 4.36. The van der Waals surface area contributed by atoms with Gasteiger partial charge in [0.1, 0.15) is 0 Å². The van der Waals surface area contributed by atoms with E-state index in [1.165, 1.54) is 0 Å². The second-order valence-corrected chi connectivity index (χ2v) is 36.1. The van der Waals surface area contributed by atoms with Crippen LogP contribution in [0.15, 0.2) is 0 Å². The van der Waals surface area contributed by atoms with Gasteiger partial charge in [-0.3, -0.25) is 0 Å². The van der Waals surface area contributed by atoms with Gasteiger partial charge in [-0.1, -0.05) is 20.8 Å². The molecule has 7 atom stereocenters. The molecule has 6 saturated heterocycles. The molecule has 6 heterocycles. The maximum atomic E-state index is 9.68. The van der Waals surface area contributed by atoms with Crippen LogP contribution in [0.25, 0.3) is 4.85 Å². The third kappa shape index (κ3) is 5.22. The minimum Gasteiger partial charge on any atom is -0.374 e. The highest BCUT2D eigenvalue weighted by Crippen LogP contribution is 2.54. The van der Waals surface area contributed by atoms with Crippen LogP contribution < -0.4 is 0 Å². The van der Waals surface area contributed by atoms with Crippen molar-refractivity contribution in [2.24, 2.45) is 0 Å². The van der Waals surface area contributed by atoms with Crippen molar-refractivity contribution in [2.45, 2.75) is 83.0 Å². The van der Waals surface area contributed by atoms with Crippen LogP contribution in [-0.2, 0) is 49.4 Å². The Morgan fingerprint density at radius 3 is 1.10 bits per heavy atom. The standard InChI is InChI=1S/C17H33N3O12Si8/c1-15(10-12-18)38-25-33(5)21-34(6)23-36(8,28-38)30-40(17(3)14-20-4)31-37(9,29-38)24-35(7,22-33)27-39(26-34,32-40)16(2)11-13-19/h15-17H,10-11,14H2,1-3,5-9H3. The molecular weight excluding hydrogens is 663 g/mol.